The zero-order valence-corrected chi connectivity index (χ0v) is 9.40. The summed E-state index contributed by atoms with van der Waals surface area (Å²) < 4.78 is 0. The largest absolute Gasteiger partial charge is 0.399 e. The van der Waals surface area contributed by atoms with Gasteiger partial charge in [0.05, 0.1) is 5.71 Å². The normalized spacial score (nSPS) is 12.7. The molecule has 0 atom stereocenters. The molecule has 1 heterocycles. The molecule has 1 aromatic heterocycles. The lowest BCUT2D eigenvalue weighted by Gasteiger charge is -2.02. The van der Waals surface area contributed by atoms with Gasteiger partial charge in [0.1, 0.15) is 7.11 Å². The van der Waals surface area contributed by atoms with Crippen LogP contribution in [0.3, 0.4) is 0 Å². The van der Waals surface area contributed by atoms with E-state index in [0.717, 1.165) is 23.3 Å². The fraction of sp³-hybridized carbons (Fsp3) is 0.333. The Kier molecular flexibility index (Phi) is 4.54. The maximum Gasteiger partial charge on any atom is 0.106 e. The van der Waals surface area contributed by atoms with Gasteiger partial charge in [0, 0.05) is 12.4 Å². The molecule has 1 aromatic rings. The predicted octanol–water partition coefficient (Wildman–Crippen LogP) is 2.90. The van der Waals surface area contributed by atoms with Gasteiger partial charge in [-0.05, 0) is 42.7 Å². The van der Waals surface area contributed by atoms with Crippen molar-refractivity contribution in [2.24, 2.45) is 5.16 Å². The fourth-order valence-electron chi connectivity index (χ4n) is 1.32. The molecule has 0 aromatic carbocycles. The first-order chi connectivity index (χ1) is 7.27. The van der Waals surface area contributed by atoms with Crippen molar-refractivity contribution in [1.82, 2.24) is 4.98 Å². The van der Waals surface area contributed by atoms with Crippen LogP contribution in [-0.4, -0.2) is 17.8 Å². The zero-order valence-electron chi connectivity index (χ0n) is 9.40. The van der Waals surface area contributed by atoms with Crippen molar-refractivity contribution in [2.75, 3.05) is 7.11 Å². The summed E-state index contributed by atoms with van der Waals surface area (Å²) in [6.45, 7) is 4.09. The van der Waals surface area contributed by atoms with Gasteiger partial charge in [-0.2, -0.15) is 0 Å². The summed E-state index contributed by atoms with van der Waals surface area (Å²) in [4.78, 5) is 8.76. The van der Waals surface area contributed by atoms with E-state index >= 15 is 0 Å². The van der Waals surface area contributed by atoms with Crippen LogP contribution in [0.2, 0.25) is 0 Å². The standard InChI is InChI=1S/C12H16N2O/c1-4-12(14-15-3)10(2)9-11-5-7-13-8-6-11/h5-9H,4H2,1-3H3/b10-9+,14-12+. The highest BCUT2D eigenvalue weighted by Crippen LogP contribution is 2.08. The molecule has 3 nitrogen and oxygen atoms in total. The summed E-state index contributed by atoms with van der Waals surface area (Å²) in [5.41, 5.74) is 3.21. The quantitative estimate of drug-likeness (QED) is 0.558. The molecule has 0 N–H and O–H groups in total. The SMILES string of the molecule is CCC(=N\OC)/C(C)=C/c1ccncc1. The van der Waals surface area contributed by atoms with Crippen LogP contribution < -0.4 is 0 Å². The fourth-order valence-corrected chi connectivity index (χ4v) is 1.32. The Morgan fingerprint density at radius 3 is 2.67 bits per heavy atom. The first-order valence-corrected chi connectivity index (χ1v) is 4.96. The van der Waals surface area contributed by atoms with E-state index in [1.54, 1.807) is 19.5 Å². The van der Waals surface area contributed by atoms with E-state index in [1.807, 2.05) is 19.1 Å². The summed E-state index contributed by atoms with van der Waals surface area (Å²) >= 11 is 0. The number of aromatic nitrogens is 1. The number of allylic oxidation sites excluding steroid dienone is 1. The monoisotopic (exact) mass is 204 g/mol. The van der Waals surface area contributed by atoms with Crippen molar-refractivity contribution in [1.29, 1.82) is 0 Å². The molecule has 0 bridgehead atoms. The molecular formula is C12H16N2O. The average Bonchev–Trinajstić information content (AvgIpc) is 2.27. The molecule has 1 rings (SSSR count). The lowest BCUT2D eigenvalue weighted by atomic mass is 10.1. The third kappa shape index (κ3) is 3.54. The summed E-state index contributed by atoms with van der Waals surface area (Å²) in [5.74, 6) is 0. The molecule has 0 saturated heterocycles. The Hall–Kier alpha value is -1.64. The van der Waals surface area contributed by atoms with Crippen molar-refractivity contribution in [3.63, 3.8) is 0 Å². The number of pyridine rings is 1. The minimum Gasteiger partial charge on any atom is -0.399 e. The van der Waals surface area contributed by atoms with E-state index in [2.05, 4.69) is 23.1 Å². The van der Waals surface area contributed by atoms with Gasteiger partial charge in [-0.25, -0.2) is 0 Å². The zero-order chi connectivity index (χ0) is 11.1. The van der Waals surface area contributed by atoms with E-state index in [1.165, 1.54) is 0 Å². The molecule has 0 aliphatic heterocycles. The molecule has 0 fully saturated rings. The van der Waals surface area contributed by atoms with Crippen molar-refractivity contribution in [3.8, 4) is 0 Å². The van der Waals surface area contributed by atoms with Crippen LogP contribution in [-0.2, 0) is 4.84 Å². The molecule has 80 valence electrons. The Labute approximate surface area is 90.5 Å². The van der Waals surface area contributed by atoms with Crippen molar-refractivity contribution < 1.29 is 4.84 Å². The first kappa shape index (κ1) is 11.4. The molecule has 0 amide bonds. The molecule has 0 aliphatic carbocycles. The molecule has 0 spiro atoms. The lowest BCUT2D eigenvalue weighted by molar-refractivity contribution is 0.213. The topological polar surface area (TPSA) is 34.5 Å². The Morgan fingerprint density at radius 2 is 2.13 bits per heavy atom. The number of oxime groups is 1. The molecule has 15 heavy (non-hydrogen) atoms. The summed E-state index contributed by atoms with van der Waals surface area (Å²) in [7, 11) is 1.56. The summed E-state index contributed by atoms with van der Waals surface area (Å²) in [5, 5.41) is 3.97. The van der Waals surface area contributed by atoms with Crippen LogP contribution in [0.15, 0.2) is 35.3 Å². The van der Waals surface area contributed by atoms with Gasteiger partial charge < -0.3 is 4.84 Å². The highest BCUT2D eigenvalue weighted by atomic mass is 16.6. The minimum absolute atomic E-state index is 0.862. The van der Waals surface area contributed by atoms with Crippen molar-refractivity contribution in [2.45, 2.75) is 20.3 Å². The first-order valence-electron chi connectivity index (χ1n) is 4.96. The number of hydrogen-bond acceptors (Lipinski definition) is 3. The van der Waals surface area contributed by atoms with E-state index in [9.17, 15) is 0 Å². The second-order valence-electron chi connectivity index (χ2n) is 3.18. The van der Waals surface area contributed by atoms with Gasteiger partial charge in [0.2, 0.25) is 0 Å². The Balaban J connectivity index is 2.88. The van der Waals surface area contributed by atoms with Crippen LogP contribution in [0.1, 0.15) is 25.8 Å². The Morgan fingerprint density at radius 1 is 1.47 bits per heavy atom. The second kappa shape index (κ2) is 5.96. The Bertz CT molecular complexity index is 355. The van der Waals surface area contributed by atoms with Crippen LogP contribution in [0.25, 0.3) is 6.08 Å². The lowest BCUT2D eigenvalue weighted by Crippen LogP contribution is -1.98. The van der Waals surface area contributed by atoms with Crippen LogP contribution >= 0.6 is 0 Å². The van der Waals surface area contributed by atoms with Gasteiger partial charge in [-0.15, -0.1) is 0 Å². The third-order valence-corrected chi connectivity index (χ3v) is 2.08. The van der Waals surface area contributed by atoms with Gasteiger partial charge in [0.25, 0.3) is 0 Å². The minimum atomic E-state index is 0.862. The van der Waals surface area contributed by atoms with Crippen LogP contribution in [0.4, 0.5) is 0 Å². The van der Waals surface area contributed by atoms with Crippen molar-refractivity contribution in [3.05, 3.63) is 35.7 Å². The smallest absolute Gasteiger partial charge is 0.106 e. The van der Waals surface area contributed by atoms with Crippen LogP contribution in [0.5, 0.6) is 0 Å². The van der Waals surface area contributed by atoms with Gasteiger partial charge >= 0.3 is 0 Å². The highest BCUT2D eigenvalue weighted by molar-refractivity contribution is 6.02. The molecular weight excluding hydrogens is 188 g/mol. The maximum atomic E-state index is 4.79. The molecule has 0 unspecified atom stereocenters. The number of hydrogen-bond donors (Lipinski definition) is 0. The molecule has 0 aliphatic rings. The van der Waals surface area contributed by atoms with E-state index in [4.69, 9.17) is 4.84 Å². The van der Waals surface area contributed by atoms with E-state index < -0.39 is 0 Å². The van der Waals surface area contributed by atoms with Gasteiger partial charge in [-0.1, -0.05) is 12.1 Å². The average molecular weight is 204 g/mol. The van der Waals surface area contributed by atoms with E-state index in [0.29, 0.717) is 0 Å². The van der Waals surface area contributed by atoms with Crippen LogP contribution in [0, 0.1) is 0 Å². The van der Waals surface area contributed by atoms with Gasteiger partial charge in [0.15, 0.2) is 0 Å². The predicted molar refractivity (Wildman–Crippen MR) is 62.6 cm³/mol. The van der Waals surface area contributed by atoms with Gasteiger partial charge in [-0.3, -0.25) is 4.98 Å². The highest BCUT2D eigenvalue weighted by Gasteiger charge is 2.00. The molecule has 0 saturated carbocycles. The van der Waals surface area contributed by atoms with Crippen molar-refractivity contribution >= 4 is 11.8 Å². The molecule has 3 heteroatoms. The summed E-state index contributed by atoms with van der Waals surface area (Å²) in [6, 6.07) is 3.92. The summed E-state index contributed by atoms with van der Waals surface area (Å²) in [6.07, 6.45) is 6.49. The number of nitrogens with zero attached hydrogens (tertiary/aromatic N) is 2. The van der Waals surface area contributed by atoms with E-state index in [-0.39, 0.29) is 0 Å². The number of rotatable bonds is 4. The maximum absolute atomic E-state index is 4.79. The molecule has 0 radical (unpaired) electrons. The third-order valence-electron chi connectivity index (χ3n) is 2.08. The second-order valence-corrected chi connectivity index (χ2v) is 3.18.